The number of hydrogen-bond donors (Lipinski definition) is 1. The lowest BCUT2D eigenvalue weighted by Crippen LogP contribution is -2.34. The molecule has 1 unspecified atom stereocenters. The van der Waals surface area contributed by atoms with Gasteiger partial charge in [0.2, 0.25) is 0 Å². The number of rotatable bonds is 2. The molecule has 1 aromatic heterocycles. The van der Waals surface area contributed by atoms with Crippen LogP contribution in [-0.4, -0.2) is 41.6 Å². The monoisotopic (exact) mass is 243 g/mol. The van der Waals surface area contributed by atoms with Crippen molar-refractivity contribution in [3.8, 4) is 0 Å². The van der Waals surface area contributed by atoms with Crippen LogP contribution in [0.15, 0.2) is 18.3 Å². The average Bonchev–Trinajstić information content (AvgIpc) is 2.84. The summed E-state index contributed by atoms with van der Waals surface area (Å²) in [6, 6.07) is 4.22. The third kappa shape index (κ3) is 2.39. The van der Waals surface area contributed by atoms with Crippen LogP contribution in [-0.2, 0) is 7.05 Å². The quantitative estimate of drug-likeness (QED) is 0.838. The normalized spacial score (nSPS) is 19.6. The van der Waals surface area contributed by atoms with Gasteiger partial charge in [0.1, 0.15) is 5.69 Å². The van der Waals surface area contributed by atoms with Gasteiger partial charge in [-0.2, -0.15) is 0 Å². The predicted molar refractivity (Wildman–Crippen MR) is 66.0 cm³/mol. The standard InChI is InChI=1S/C11H17N3O.ClH/c1-12-9-5-7-14(8-9)11(15)10-4-3-6-13(10)2;/h3-4,6,9,12H,5,7-8H2,1-2H3;1H. The van der Waals surface area contributed by atoms with E-state index in [1.54, 1.807) is 0 Å². The molecule has 1 aliphatic rings. The van der Waals surface area contributed by atoms with Crippen molar-refractivity contribution in [3.63, 3.8) is 0 Å². The van der Waals surface area contributed by atoms with Crippen LogP contribution in [0.1, 0.15) is 16.9 Å². The lowest BCUT2D eigenvalue weighted by molar-refractivity contribution is 0.0780. The first-order valence-corrected chi connectivity index (χ1v) is 5.30. The molecule has 0 saturated carbocycles. The van der Waals surface area contributed by atoms with Crippen LogP contribution in [0, 0.1) is 0 Å². The number of hydrogen-bond acceptors (Lipinski definition) is 2. The summed E-state index contributed by atoms with van der Waals surface area (Å²) in [4.78, 5) is 14.0. The maximum Gasteiger partial charge on any atom is 0.270 e. The molecule has 0 aliphatic carbocycles. The van der Waals surface area contributed by atoms with Crippen LogP contribution in [0.25, 0.3) is 0 Å². The van der Waals surface area contributed by atoms with E-state index in [2.05, 4.69) is 5.32 Å². The SMILES string of the molecule is CNC1CCN(C(=O)c2cccn2C)C1.Cl. The Morgan fingerprint density at radius 2 is 2.31 bits per heavy atom. The van der Waals surface area contributed by atoms with Crippen molar-refractivity contribution in [3.05, 3.63) is 24.0 Å². The molecule has 0 radical (unpaired) electrons. The number of halogens is 1. The molecule has 1 saturated heterocycles. The number of aryl methyl sites for hydroxylation is 1. The zero-order valence-electron chi connectivity index (χ0n) is 9.64. The summed E-state index contributed by atoms with van der Waals surface area (Å²) in [7, 11) is 3.85. The topological polar surface area (TPSA) is 37.3 Å². The first-order chi connectivity index (χ1) is 7.22. The van der Waals surface area contributed by atoms with Gasteiger partial charge < -0.3 is 14.8 Å². The lowest BCUT2D eigenvalue weighted by atomic mass is 10.3. The van der Waals surface area contributed by atoms with Crippen molar-refractivity contribution in [1.82, 2.24) is 14.8 Å². The molecule has 90 valence electrons. The van der Waals surface area contributed by atoms with E-state index in [-0.39, 0.29) is 18.3 Å². The molecular formula is C11H18ClN3O. The Morgan fingerprint density at radius 3 is 2.81 bits per heavy atom. The Kier molecular flexibility index (Phi) is 4.38. The molecule has 1 amide bonds. The number of nitrogens with one attached hydrogen (secondary N) is 1. The minimum atomic E-state index is 0. The maximum absolute atomic E-state index is 12.1. The molecule has 0 spiro atoms. The van der Waals surface area contributed by atoms with Gasteiger partial charge >= 0.3 is 0 Å². The molecule has 1 atom stereocenters. The largest absolute Gasteiger partial charge is 0.347 e. The van der Waals surface area contributed by atoms with E-state index < -0.39 is 0 Å². The highest BCUT2D eigenvalue weighted by atomic mass is 35.5. The third-order valence-corrected chi connectivity index (χ3v) is 3.05. The van der Waals surface area contributed by atoms with Crippen LogP contribution in [0.3, 0.4) is 0 Å². The number of likely N-dealkylation sites (tertiary alicyclic amines) is 1. The Balaban J connectivity index is 0.00000128. The second-order valence-electron chi connectivity index (χ2n) is 4.03. The summed E-state index contributed by atoms with van der Waals surface area (Å²) in [5.74, 6) is 0.139. The highest BCUT2D eigenvalue weighted by Gasteiger charge is 2.26. The van der Waals surface area contributed by atoms with Gasteiger partial charge in [-0.05, 0) is 25.6 Å². The summed E-state index contributed by atoms with van der Waals surface area (Å²) in [5, 5.41) is 3.21. The molecule has 1 fully saturated rings. The third-order valence-electron chi connectivity index (χ3n) is 3.05. The van der Waals surface area contributed by atoms with E-state index in [1.807, 2.05) is 41.9 Å². The van der Waals surface area contributed by atoms with E-state index in [0.717, 1.165) is 25.2 Å². The molecule has 1 aliphatic heterocycles. The fourth-order valence-electron chi connectivity index (χ4n) is 2.03. The van der Waals surface area contributed by atoms with Gasteiger partial charge in [0.05, 0.1) is 0 Å². The van der Waals surface area contributed by atoms with Gasteiger partial charge in [-0.3, -0.25) is 4.79 Å². The first kappa shape index (κ1) is 13.1. The fraction of sp³-hybridized carbons (Fsp3) is 0.545. The Morgan fingerprint density at radius 1 is 1.56 bits per heavy atom. The van der Waals surface area contributed by atoms with Gasteiger partial charge in [0.15, 0.2) is 0 Å². The van der Waals surface area contributed by atoms with Crippen LogP contribution in [0.4, 0.5) is 0 Å². The summed E-state index contributed by atoms with van der Waals surface area (Å²) < 4.78 is 1.87. The lowest BCUT2D eigenvalue weighted by Gasteiger charge is -2.16. The van der Waals surface area contributed by atoms with E-state index in [0.29, 0.717) is 6.04 Å². The van der Waals surface area contributed by atoms with E-state index in [1.165, 1.54) is 0 Å². The maximum atomic E-state index is 12.1. The van der Waals surface area contributed by atoms with Gasteiger partial charge in [-0.15, -0.1) is 12.4 Å². The van der Waals surface area contributed by atoms with Gasteiger partial charge in [0.25, 0.3) is 5.91 Å². The smallest absolute Gasteiger partial charge is 0.270 e. The zero-order chi connectivity index (χ0) is 10.8. The first-order valence-electron chi connectivity index (χ1n) is 5.30. The van der Waals surface area contributed by atoms with Crippen LogP contribution >= 0.6 is 12.4 Å². The zero-order valence-corrected chi connectivity index (χ0v) is 10.5. The number of carbonyl (C=O) groups excluding carboxylic acids is 1. The number of nitrogens with zero attached hydrogens (tertiary/aromatic N) is 2. The number of carbonyl (C=O) groups is 1. The van der Waals surface area contributed by atoms with Crippen molar-refractivity contribution in [2.75, 3.05) is 20.1 Å². The van der Waals surface area contributed by atoms with E-state index >= 15 is 0 Å². The summed E-state index contributed by atoms with van der Waals surface area (Å²) >= 11 is 0. The second kappa shape index (κ2) is 5.37. The van der Waals surface area contributed by atoms with E-state index in [4.69, 9.17) is 0 Å². The number of likely N-dealkylation sites (N-methyl/N-ethyl adjacent to an activating group) is 1. The molecule has 2 heterocycles. The minimum Gasteiger partial charge on any atom is -0.347 e. The number of amides is 1. The highest BCUT2D eigenvalue weighted by Crippen LogP contribution is 2.13. The summed E-state index contributed by atoms with van der Waals surface area (Å²) in [5.41, 5.74) is 0.770. The van der Waals surface area contributed by atoms with E-state index in [9.17, 15) is 4.79 Å². The van der Waals surface area contributed by atoms with Crippen molar-refractivity contribution in [1.29, 1.82) is 0 Å². The molecule has 1 aromatic rings. The summed E-state index contributed by atoms with van der Waals surface area (Å²) in [6.45, 7) is 1.68. The second-order valence-corrected chi connectivity index (χ2v) is 4.03. The molecule has 0 bridgehead atoms. The van der Waals surface area contributed by atoms with Crippen molar-refractivity contribution < 1.29 is 4.79 Å². The average molecular weight is 244 g/mol. The molecular weight excluding hydrogens is 226 g/mol. The Bertz CT molecular complexity index is 364. The molecule has 4 nitrogen and oxygen atoms in total. The number of aromatic nitrogens is 1. The van der Waals surface area contributed by atoms with Gasteiger partial charge in [-0.1, -0.05) is 0 Å². The van der Waals surface area contributed by atoms with Crippen molar-refractivity contribution in [2.45, 2.75) is 12.5 Å². The van der Waals surface area contributed by atoms with Crippen LogP contribution in [0.5, 0.6) is 0 Å². The molecule has 5 heteroatoms. The molecule has 2 rings (SSSR count). The minimum absolute atomic E-state index is 0. The Hall–Kier alpha value is -1.00. The van der Waals surface area contributed by atoms with Crippen molar-refractivity contribution >= 4 is 18.3 Å². The van der Waals surface area contributed by atoms with Crippen LogP contribution < -0.4 is 5.32 Å². The van der Waals surface area contributed by atoms with Crippen molar-refractivity contribution in [2.24, 2.45) is 7.05 Å². The molecule has 16 heavy (non-hydrogen) atoms. The van der Waals surface area contributed by atoms with Gasteiger partial charge in [-0.25, -0.2) is 0 Å². The fourth-order valence-corrected chi connectivity index (χ4v) is 2.03. The highest BCUT2D eigenvalue weighted by molar-refractivity contribution is 5.93. The molecule has 0 aromatic carbocycles. The molecule has 1 N–H and O–H groups in total. The van der Waals surface area contributed by atoms with Gasteiger partial charge in [0, 0.05) is 32.4 Å². The van der Waals surface area contributed by atoms with Crippen LogP contribution in [0.2, 0.25) is 0 Å². The summed E-state index contributed by atoms with van der Waals surface area (Å²) in [6.07, 6.45) is 2.95. The Labute approximate surface area is 102 Å². The predicted octanol–water partition coefficient (Wildman–Crippen LogP) is 0.881.